The predicted octanol–water partition coefficient (Wildman–Crippen LogP) is 5.87. The van der Waals surface area contributed by atoms with E-state index in [1.54, 1.807) is 0 Å². The molecule has 0 rings (SSSR count). The lowest BCUT2D eigenvalue weighted by molar-refractivity contribution is 0.414. The fraction of sp³-hybridized carbons (Fsp3) is 0.857. The standard InChI is InChI=1S/C14H29BrOSi/c1-12(2)17(13(3)4,14(5)6)16-11-9-7-8-10-15/h9,11-14H,7-8,10H2,1-6H3/b11-9-. The highest BCUT2D eigenvalue weighted by Gasteiger charge is 2.46. The lowest BCUT2D eigenvalue weighted by atomic mass is 10.3. The van der Waals surface area contributed by atoms with Gasteiger partial charge < -0.3 is 4.43 Å². The first-order valence-corrected chi connectivity index (χ1v) is 10.0. The highest BCUT2D eigenvalue weighted by Crippen LogP contribution is 2.42. The second kappa shape index (κ2) is 8.36. The van der Waals surface area contributed by atoms with Crippen LogP contribution in [0.15, 0.2) is 12.3 Å². The van der Waals surface area contributed by atoms with Crippen molar-refractivity contribution in [3.05, 3.63) is 12.3 Å². The van der Waals surface area contributed by atoms with E-state index in [9.17, 15) is 0 Å². The van der Waals surface area contributed by atoms with Crippen LogP contribution < -0.4 is 0 Å². The van der Waals surface area contributed by atoms with Gasteiger partial charge in [0, 0.05) is 5.33 Å². The van der Waals surface area contributed by atoms with E-state index in [-0.39, 0.29) is 0 Å². The smallest absolute Gasteiger partial charge is 0.257 e. The number of halogens is 1. The Morgan fingerprint density at radius 2 is 1.47 bits per heavy atom. The van der Waals surface area contributed by atoms with Crippen molar-refractivity contribution in [2.75, 3.05) is 5.33 Å². The average Bonchev–Trinajstić information content (AvgIpc) is 2.21. The summed E-state index contributed by atoms with van der Waals surface area (Å²) in [5.41, 5.74) is 1.97. The Hall–Kier alpha value is 0.237. The normalized spacial score (nSPS) is 13.3. The van der Waals surface area contributed by atoms with Crippen molar-refractivity contribution in [3.8, 4) is 0 Å². The minimum atomic E-state index is -1.69. The summed E-state index contributed by atoms with van der Waals surface area (Å²) in [5, 5.41) is 1.07. The van der Waals surface area contributed by atoms with Crippen LogP contribution in [0.2, 0.25) is 16.6 Å². The zero-order valence-electron chi connectivity index (χ0n) is 12.3. The van der Waals surface area contributed by atoms with Gasteiger partial charge in [-0.2, -0.15) is 0 Å². The molecule has 0 bridgehead atoms. The second-order valence-electron chi connectivity index (χ2n) is 5.64. The quantitative estimate of drug-likeness (QED) is 0.235. The van der Waals surface area contributed by atoms with E-state index in [1.165, 1.54) is 6.42 Å². The number of unbranched alkanes of at least 4 members (excludes halogenated alkanes) is 1. The molecule has 0 saturated carbocycles. The average molecular weight is 321 g/mol. The molecule has 0 unspecified atom stereocenters. The molecule has 0 N–H and O–H groups in total. The van der Waals surface area contributed by atoms with Crippen molar-refractivity contribution in [3.63, 3.8) is 0 Å². The number of alkyl halides is 1. The molecule has 0 saturated heterocycles. The van der Waals surface area contributed by atoms with Gasteiger partial charge in [-0.25, -0.2) is 0 Å². The highest BCUT2D eigenvalue weighted by atomic mass is 79.9. The highest BCUT2D eigenvalue weighted by molar-refractivity contribution is 9.09. The number of allylic oxidation sites excluding steroid dienone is 1. The SMILES string of the molecule is CC(C)[Si](O/C=C\CCCBr)(C(C)C)C(C)C. The fourth-order valence-corrected chi connectivity index (χ4v) is 8.31. The second-order valence-corrected chi connectivity index (χ2v) is 11.8. The van der Waals surface area contributed by atoms with E-state index in [0.717, 1.165) is 11.8 Å². The molecular formula is C14H29BrOSi. The fourth-order valence-electron chi connectivity index (χ4n) is 2.84. The van der Waals surface area contributed by atoms with Crippen molar-refractivity contribution in [2.45, 2.75) is 71.0 Å². The molecule has 0 aliphatic carbocycles. The first-order valence-electron chi connectivity index (χ1n) is 6.78. The molecule has 0 amide bonds. The molecule has 0 aromatic carbocycles. The molecule has 0 aliphatic heterocycles. The maximum absolute atomic E-state index is 6.30. The molecule has 0 atom stereocenters. The molecule has 0 aromatic heterocycles. The van der Waals surface area contributed by atoms with E-state index >= 15 is 0 Å². The lowest BCUT2D eigenvalue weighted by Crippen LogP contribution is -2.46. The van der Waals surface area contributed by atoms with Crippen LogP contribution >= 0.6 is 15.9 Å². The Balaban J connectivity index is 4.64. The van der Waals surface area contributed by atoms with E-state index in [4.69, 9.17) is 4.43 Å². The predicted molar refractivity (Wildman–Crippen MR) is 84.3 cm³/mol. The largest absolute Gasteiger partial charge is 0.548 e. The third-order valence-corrected chi connectivity index (χ3v) is 10.1. The molecule has 17 heavy (non-hydrogen) atoms. The van der Waals surface area contributed by atoms with Crippen molar-refractivity contribution in [1.82, 2.24) is 0 Å². The van der Waals surface area contributed by atoms with Crippen molar-refractivity contribution < 1.29 is 4.43 Å². The van der Waals surface area contributed by atoms with Gasteiger partial charge >= 0.3 is 0 Å². The summed E-state index contributed by atoms with van der Waals surface area (Å²) in [4.78, 5) is 0. The minimum Gasteiger partial charge on any atom is -0.548 e. The summed E-state index contributed by atoms with van der Waals surface area (Å²) in [5.74, 6) is 0. The summed E-state index contributed by atoms with van der Waals surface area (Å²) in [6.07, 6.45) is 6.44. The summed E-state index contributed by atoms with van der Waals surface area (Å²) in [6, 6.07) is 0. The summed E-state index contributed by atoms with van der Waals surface area (Å²) in [6.45, 7) is 13.9. The topological polar surface area (TPSA) is 9.23 Å². The zero-order chi connectivity index (χ0) is 13.5. The van der Waals surface area contributed by atoms with Gasteiger partial charge in [-0.05, 0) is 29.5 Å². The molecule has 0 heterocycles. The monoisotopic (exact) mass is 320 g/mol. The van der Waals surface area contributed by atoms with Crippen LogP contribution in [0, 0.1) is 0 Å². The molecule has 3 heteroatoms. The van der Waals surface area contributed by atoms with E-state index in [0.29, 0.717) is 16.6 Å². The maximum atomic E-state index is 6.30. The molecular weight excluding hydrogens is 292 g/mol. The van der Waals surface area contributed by atoms with Crippen LogP contribution in [-0.4, -0.2) is 13.6 Å². The third kappa shape index (κ3) is 4.78. The molecule has 0 fully saturated rings. The van der Waals surface area contributed by atoms with Crippen LogP contribution in [0.1, 0.15) is 54.4 Å². The Morgan fingerprint density at radius 1 is 1.00 bits per heavy atom. The van der Waals surface area contributed by atoms with Gasteiger partial charge in [0.15, 0.2) is 0 Å². The van der Waals surface area contributed by atoms with Gasteiger partial charge in [-0.3, -0.25) is 0 Å². The van der Waals surface area contributed by atoms with E-state index in [2.05, 4.69) is 63.5 Å². The molecule has 102 valence electrons. The van der Waals surface area contributed by atoms with Gasteiger partial charge in [0.2, 0.25) is 0 Å². The van der Waals surface area contributed by atoms with Gasteiger partial charge in [0.25, 0.3) is 8.32 Å². The molecule has 0 aromatic rings. The van der Waals surface area contributed by atoms with Gasteiger partial charge in [-0.1, -0.05) is 63.5 Å². The van der Waals surface area contributed by atoms with Crippen molar-refractivity contribution in [1.29, 1.82) is 0 Å². The Bertz CT molecular complexity index is 202. The summed E-state index contributed by atoms with van der Waals surface area (Å²) in [7, 11) is -1.69. The van der Waals surface area contributed by atoms with Crippen LogP contribution in [0.3, 0.4) is 0 Å². The molecule has 0 spiro atoms. The first-order chi connectivity index (χ1) is 7.89. The molecule has 0 radical (unpaired) electrons. The van der Waals surface area contributed by atoms with Crippen LogP contribution in [0.25, 0.3) is 0 Å². The lowest BCUT2D eigenvalue weighted by Gasteiger charge is -2.41. The van der Waals surface area contributed by atoms with Gasteiger partial charge in [0.1, 0.15) is 0 Å². The Kier molecular flexibility index (Phi) is 8.47. The van der Waals surface area contributed by atoms with Gasteiger partial charge in [0.05, 0.1) is 6.26 Å². The van der Waals surface area contributed by atoms with E-state index in [1.807, 2.05) is 6.26 Å². The van der Waals surface area contributed by atoms with Crippen molar-refractivity contribution in [2.24, 2.45) is 0 Å². The zero-order valence-corrected chi connectivity index (χ0v) is 14.9. The van der Waals surface area contributed by atoms with Crippen molar-refractivity contribution >= 4 is 24.2 Å². The number of hydrogen-bond donors (Lipinski definition) is 0. The molecule has 1 nitrogen and oxygen atoms in total. The number of rotatable bonds is 8. The summed E-state index contributed by atoms with van der Waals surface area (Å²) >= 11 is 3.44. The van der Waals surface area contributed by atoms with Crippen LogP contribution in [-0.2, 0) is 4.43 Å². The first kappa shape index (κ1) is 17.2. The molecule has 0 aliphatic rings. The third-order valence-electron chi connectivity index (χ3n) is 3.58. The van der Waals surface area contributed by atoms with E-state index < -0.39 is 8.32 Å². The summed E-state index contributed by atoms with van der Waals surface area (Å²) < 4.78 is 6.30. The minimum absolute atomic E-state index is 0.656. The maximum Gasteiger partial charge on any atom is 0.257 e. The number of hydrogen-bond acceptors (Lipinski definition) is 1. The van der Waals surface area contributed by atoms with Crippen LogP contribution in [0.5, 0.6) is 0 Å². The van der Waals surface area contributed by atoms with Gasteiger partial charge in [-0.15, -0.1) is 0 Å². The van der Waals surface area contributed by atoms with Crippen LogP contribution in [0.4, 0.5) is 0 Å². The Labute approximate surface area is 117 Å². The Morgan fingerprint density at radius 3 is 1.82 bits per heavy atom.